The van der Waals surface area contributed by atoms with Gasteiger partial charge in [-0.05, 0) is 48.5 Å². The maximum absolute atomic E-state index is 5.64. The first-order valence-corrected chi connectivity index (χ1v) is 6.04. The fraction of sp³-hybridized carbons (Fsp3) is 0. The highest BCUT2D eigenvalue weighted by molar-refractivity contribution is 5.79. The maximum Gasteiger partial charge on any atom is 0.0702 e. The number of rotatable bonds is 0. The third-order valence-corrected chi connectivity index (χ3v) is 2.86. The molecule has 0 aliphatic heterocycles. The van der Waals surface area contributed by atoms with Gasteiger partial charge in [0.15, 0.2) is 0 Å². The van der Waals surface area contributed by atoms with E-state index in [1.54, 1.807) is 6.20 Å². The van der Waals surface area contributed by atoms with E-state index in [9.17, 15) is 0 Å². The number of benzene rings is 2. The van der Waals surface area contributed by atoms with Crippen LogP contribution < -0.4 is 5.73 Å². The molecular weight excluding hydrogens is 232 g/mol. The van der Waals surface area contributed by atoms with Gasteiger partial charge in [0.25, 0.3) is 0 Å². The van der Waals surface area contributed by atoms with Gasteiger partial charge < -0.3 is 5.73 Å². The first-order valence-electron chi connectivity index (χ1n) is 6.04. The van der Waals surface area contributed by atoms with E-state index in [4.69, 9.17) is 5.73 Å². The second-order valence-corrected chi connectivity index (χ2v) is 4.28. The van der Waals surface area contributed by atoms with E-state index in [1.807, 2.05) is 54.6 Å². The van der Waals surface area contributed by atoms with E-state index in [-0.39, 0.29) is 0 Å². The molecule has 0 amide bonds. The Balaban J connectivity index is 1.95. The minimum Gasteiger partial charge on any atom is -0.399 e. The van der Waals surface area contributed by atoms with Crippen molar-refractivity contribution in [1.29, 1.82) is 0 Å². The molecule has 19 heavy (non-hydrogen) atoms. The van der Waals surface area contributed by atoms with Crippen LogP contribution in [-0.2, 0) is 0 Å². The zero-order valence-corrected chi connectivity index (χ0v) is 10.3. The van der Waals surface area contributed by atoms with Crippen molar-refractivity contribution in [2.75, 3.05) is 5.73 Å². The Morgan fingerprint density at radius 1 is 0.842 bits per heavy atom. The number of nitrogen functional groups attached to an aromatic ring is 1. The zero-order valence-electron chi connectivity index (χ0n) is 10.3. The second-order valence-electron chi connectivity index (χ2n) is 4.28. The summed E-state index contributed by atoms with van der Waals surface area (Å²) < 4.78 is 0. The summed E-state index contributed by atoms with van der Waals surface area (Å²) >= 11 is 0. The molecule has 0 aliphatic rings. The van der Waals surface area contributed by atoms with Crippen LogP contribution in [0.1, 0.15) is 11.1 Å². The van der Waals surface area contributed by atoms with Gasteiger partial charge in [-0.3, -0.25) is 4.98 Å². The average molecular weight is 244 g/mol. The lowest BCUT2D eigenvalue weighted by atomic mass is 10.1. The van der Waals surface area contributed by atoms with Crippen molar-refractivity contribution in [3.63, 3.8) is 0 Å². The summed E-state index contributed by atoms with van der Waals surface area (Å²) in [6.45, 7) is 0. The van der Waals surface area contributed by atoms with E-state index < -0.39 is 0 Å². The molecule has 0 atom stereocenters. The van der Waals surface area contributed by atoms with E-state index in [1.165, 1.54) is 0 Å². The minimum absolute atomic E-state index is 0.752. The van der Waals surface area contributed by atoms with Crippen LogP contribution in [-0.4, -0.2) is 4.98 Å². The topological polar surface area (TPSA) is 38.9 Å². The van der Waals surface area contributed by atoms with Crippen LogP contribution in [0.2, 0.25) is 0 Å². The van der Waals surface area contributed by atoms with E-state index in [0.29, 0.717) is 0 Å². The van der Waals surface area contributed by atoms with Gasteiger partial charge >= 0.3 is 0 Å². The Hall–Kier alpha value is -2.79. The summed E-state index contributed by atoms with van der Waals surface area (Å²) in [4.78, 5) is 4.29. The third-order valence-electron chi connectivity index (χ3n) is 2.86. The molecule has 0 radical (unpaired) electrons. The van der Waals surface area contributed by atoms with Gasteiger partial charge in [-0.15, -0.1) is 0 Å². The van der Waals surface area contributed by atoms with Gasteiger partial charge in [0.1, 0.15) is 0 Å². The zero-order chi connectivity index (χ0) is 13.1. The Bertz CT molecular complexity index is 777. The lowest BCUT2D eigenvalue weighted by Crippen LogP contribution is -1.83. The molecule has 1 heterocycles. The third kappa shape index (κ3) is 2.56. The molecule has 2 aromatic carbocycles. The van der Waals surface area contributed by atoms with E-state index in [2.05, 4.69) is 16.8 Å². The van der Waals surface area contributed by atoms with Crippen LogP contribution in [0.5, 0.6) is 0 Å². The SMILES string of the molecule is Nc1ccc(C#Cc2ccc3ncccc3c2)cc1. The van der Waals surface area contributed by atoms with E-state index >= 15 is 0 Å². The molecule has 0 unspecified atom stereocenters. The largest absolute Gasteiger partial charge is 0.399 e. The maximum atomic E-state index is 5.64. The molecule has 2 heteroatoms. The predicted molar refractivity (Wildman–Crippen MR) is 78.6 cm³/mol. The normalized spacial score (nSPS) is 9.89. The number of aromatic nitrogens is 1. The molecule has 0 saturated carbocycles. The first kappa shape index (κ1) is 11.3. The van der Waals surface area contributed by atoms with Crippen molar-refractivity contribution >= 4 is 16.6 Å². The van der Waals surface area contributed by atoms with Crippen molar-refractivity contribution in [1.82, 2.24) is 4.98 Å². The number of hydrogen-bond donors (Lipinski definition) is 1. The van der Waals surface area contributed by atoms with Gasteiger partial charge in [-0.1, -0.05) is 17.9 Å². The average Bonchev–Trinajstić information content (AvgIpc) is 2.46. The fourth-order valence-electron chi connectivity index (χ4n) is 1.86. The smallest absolute Gasteiger partial charge is 0.0702 e. The van der Waals surface area contributed by atoms with Gasteiger partial charge in [-0.2, -0.15) is 0 Å². The molecule has 1 aromatic heterocycles. The van der Waals surface area contributed by atoms with Gasteiger partial charge in [0.2, 0.25) is 0 Å². The van der Waals surface area contributed by atoms with Crippen molar-refractivity contribution in [3.8, 4) is 11.8 Å². The molecule has 3 aromatic rings. The quantitative estimate of drug-likeness (QED) is 0.487. The van der Waals surface area contributed by atoms with Gasteiger partial charge in [0, 0.05) is 28.4 Å². The number of anilines is 1. The summed E-state index contributed by atoms with van der Waals surface area (Å²) in [7, 11) is 0. The van der Waals surface area contributed by atoms with E-state index in [0.717, 1.165) is 27.7 Å². The van der Waals surface area contributed by atoms with Crippen molar-refractivity contribution in [2.24, 2.45) is 0 Å². The molecule has 3 rings (SSSR count). The van der Waals surface area contributed by atoms with Crippen molar-refractivity contribution in [3.05, 3.63) is 71.9 Å². The molecule has 0 spiro atoms. The Labute approximate surface area is 111 Å². The number of nitrogens with zero attached hydrogens (tertiary/aromatic N) is 1. The number of nitrogens with two attached hydrogens (primary N) is 1. The number of pyridine rings is 1. The molecule has 0 saturated heterocycles. The van der Waals surface area contributed by atoms with Crippen molar-refractivity contribution in [2.45, 2.75) is 0 Å². The molecule has 2 nitrogen and oxygen atoms in total. The van der Waals surface area contributed by atoms with Crippen LogP contribution in [0.3, 0.4) is 0 Å². The highest BCUT2D eigenvalue weighted by Crippen LogP contribution is 2.12. The van der Waals surface area contributed by atoms with Gasteiger partial charge in [0.05, 0.1) is 5.52 Å². The number of hydrogen-bond acceptors (Lipinski definition) is 2. The van der Waals surface area contributed by atoms with Crippen molar-refractivity contribution < 1.29 is 0 Å². The Morgan fingerprint density at radius 3 is 2.42 bits per heavy atom. The summed E-state index contributed by atoms with van der Waals surface area (Å²) in [6, 6.07) is 17.5. The Kier molecular flexibility index (Phi) is 2.88. The minimum atomic E-state index is 0.752. The number of fused-ring (bicyclic) bond motifs is 1. The fourth-order valence-corrected chi connectivity index (χ4v) is 1.86. The highest BCUT2D eigenvalue weighted by Gasteiger charge is 1.94. The summed E-state index contributed by atoms with van der Waals surface area (Å²) in [5, 5.41) is 1.10. The first-order chi connectivity index (χ1) is 9.31. The lowest BCUT2D eigenvalue weighted by molar-refractivity contribution is 1.41. The summed E-state index contributed by atoms with van der Waals surface area (Å²) in [5.74, 6) is 6.28. The van der Waals surface area contributed by atoms with Gasteiger partial charge in [-0.25, -0.2) is 0 Å². The van der Waals surface area contributed by atoms with Crippen LogP contribution in [0, 0.1) is 11.8 Å². The standard InChI is InChI=1S/C17H12N2/c18-16-8-5-13(6-9-16)3-4-14-7-10-17-15(12-14)2-1-11-19-17/h1-2,5-12H,18H2. The second kappa shape index (κ2) is 4.83. The predicted octanol–water partition coefficient (Wildman–Crippen LogP) is 3.22. The molecule has 0 bridgehead atoms. The van der Waals surface area contributed by atoms with Crippen LogP contribution in [0.4, 0.5) is 5.69 Å². The highest BCUT2D eigenvalue weighted by atomic mass is 14.6. The molecule has 0 aliphatic carbocycles. The van der Waals surface area contributed by atoms with Crippen LogP contribution >= 0.6 is 0 Å². The summed E-state index contributed by atoms with van der Waals surface area (Å²) in [5.41, 5.74) is 9.32. The Morgan fingerprint density at radius 2 is 1.58 bits per heavy atom. The summed E-state index contributed by atoms with van der Waals surface area (Å²) in [6.07, 6.45) is 1.79. The van der Waals surface area contributed by atoms with Crippen LogP contribution in [0.15, 0.2) is 60.8 Å². The molecule has 2 N–H and O–H groups in total. The van der Waals surface area contributed by atoms with Crippen LogP contribution in [0.25, 0.3) is 10.9 Å². The lowest BCUT2D eigenvalue weighted by Gasteiger charge is -1.96. The molecular formula is C17H12N2. The molecule has 90 valence electrons. The monoisotopic (exact) mass is 244 g/mol. The molecule has 0 fully saturated rings.